The van der Waals surface area contributed by atoms with Gasteiger partial charge >= 0.3 is 0 Å². The van der Waals surface area contributed by atoms with Crippen LogP contribution in [0.2, 0.25) is 0 Å². The number of nitrogens with one attached hydrogen (secondary N) is 3. The SMILES string of the molecule is Cc1cc(-c2cc3cccc(-c4cc(C5CCOCC5)cc5c4cc(C)c(=O)n5C)c3cn2)cnc1C(=O)NCC#Cc1cccc(NC2CCC(=O)NC2=O)c1. The van der Waals surface area contributed by atoms with E-state index in [0.717, 1.165) is 75.8 Å². The molecule has 11 nitrogen and oxygen atoms in total. The molecule has 1 unspecified atom stereocenters. The van der Waals surface area contributed by atoms with Crippen molar-refractivity contribution in [2.24, 2.45) is 7.05 Å². The van der Waals surface area contributed by atoms with Gasteiger partial charge in [-0.25, -0.2) is 0 Å². The molecule has 3 N–H and O–H groups in total. The first-order chi connectivity index (χ1) is 27.6. The number of benzene rings is 3. The summed E-state index contributed by atoms with van der Waals surface area (Å²) in [7, 11) is 1.85. The molecule has 1 atom stereocenters. The Kier molecular flexibility index (Phi) is 10.4. The van der Waals surface area contributed by atoms with E-state index in [-0.39, 0.29) is 36.2 Å². The highest BCUT2D eigenvalue weighted by Crippen LogP contribution is 2.39. The standard InChI is InChI=1S/C46H42N6O5/c1-27-19-33(25-49-43(27)45(55)47-16-6-8-29-7-4-10-34(21-29)50-39-12-13-42(53)51-44(39)54)40-23-31-9-5-11-35(38(31)26-48-40)36-22-32(30-14-17-57-18-15-30)24-41-37(36)20-28(2)46(56)52(41)3/h4-5,7,9-11,19-26,30,39,50H,12-18H2,1-3H3,(H,47,55)(H,51,53,54). The number of carbonyl (C=O) groups is 3. The molecule has 5 heterocycles. The summed E-state index contributed by atoms with van der Waals surface area (Å²) >= 11 is 0. The molecule has 2 aliphatic heterocycles. The molecular formula is C46H42N6O5. The number of amides is 3. The summed E-state index contributed by atoms with van der Waals surface area (Å²) in [4.78, 5) is 59.2. The molecule has 3 aromatic heterocycles. The molecule has 2 saturated heterocycles. The van der Waals surface area contributed by atoms with Crippen LogP contribution in [0.5, 0.6) is 0 Å². The Morgan fingerprint density at radius 2 is 1.72 bits per heavy atom. The Morgan fingerprint density at radius 1 is 0.895 bits per heavy atom. The number of hydrogen-bond donors (Lipinski definition) is 3. The first-order valence-corrected chi connectivity index (χ1v) is 19.2. The van der Waals surface area contributed by atoms with Gasteiger partial charge in [0.15, 0.2) is 0 Å². The minimum Gasteiger partial charge on any atom is -0.381 e. The zero-order valence-corrected chi connectivity index (χ0v) is 32.1. The largest absolute Gasteiger partial charge is 0.381 e. The molecule has 3 amide bonds. The fourth-order valence-corrected chi connectivity index (χ4v) is 7.82. The summed E-state index contributed by atoms with van der Waals surface area (Å²) in [6.45, 7) is 5.29. The van der Waals surface area contributed by atoms with Crippen molar-refractivity contribution in [1.82, 2.24) is 25.2 Å². The number of ether oxygens (including phenoxy) is 1. The van der Waals surface area contributed by atoms with E-state index in [2.05, 4.69) is 63.1 Å². The Labute approximate surface area is 329 Å². The van der Waals surface area contributed by atoms with Gasteiger partial charge in [0.05, 0.1) is 17.8 Å². The number of rotatable bonds is 7. The Hall–Kier alpha value is -6.64. The van der Waals surface area contributed by atoms with Crippen LogP contribution in [-0.4, -0.2) is 58.1 Å². The zero-order chi connectivity index (χ0) is 39.6. The molecule has 11 heteroatoms. The zero-order valence-electron chi connectivity index (χ0n) is 32.1. The van der Waals surface area contributed by atoms with E-state index in [1.165, 1.54) is 5.56 Å². The van der Waals surface area contributed by atoms with Gasteiger partial charge in [-0.15, -0.1) is 0 Å². The molecular weight excluding hydrogens is 717 g/mol. The number of piperidine rings is 1. The van der Waals surface area contributed by atoms with Crippen LogP contribution < -0.4 is 21.5 Å². The van der Waals surface area contributed by atoms with Crippen LogP contribution in [0.15, 0.2) is 90.0 Å². The number of hydrogen-bond acceptors (Lipinski definition) is 8. The lowest BCUT2D eigenvalue weighted by Gasteiger charge is -2.24. The van der Waals surface area contributed by atoms with Crippen LogP contribution in [0.3, 0.4) is 0 Å². The van der Waals surface area contributed by atoms with Crippen molar-refractivity contribution >= 4 is 45.1 Å². The molecule has 0 bridgehead atoms. The smallest absolute Gasteiger partial charge is 0.270 e. The number of anilines is 1. The first kappa shape index (κ1) is 37.3. The summed E-state index contributed by atoms with van der Waals surface area (Å²) in [5.41, 5.74) is 8.92. The Morgan fingerprint density at radius 3 is 2.53 bits per heavy atom. The lowest BCUT2D eigenvalue weighted by molar-refractivity contribution is -0.133. The number of carbonyl (C=O) groups excluding carboxylic acids is 3. The van der Waals surface area contributed by atoms with Gasteiger partial charge in [0.1, 0.15) is 11.7 Å². The van der Waals surface area contributed by atoms with Crippen molar-refractivity contribution in [2.45, 2.75) is 51.5 Å². The predicted molar refractivity (Wildman–Crippen MR) is 221 cm³/mol. The van der Waals surface area contributed by atoms with Gasteiger partial charge < -0.3 is 19.9 Å². The van der Waals surface area contributed by atoms with Crippen molar-refractivity contribution < 1.29 is 19.1 Å². The molecule has 57 heavy (non-hydrogen) atoms. The monoisotopic (exact) mass is 758 g/mol. The minimum atomic E-state index is -0.488. The Balaban J connectivity index is 0.999. The third-order valence-electron chi connectivity index (χ3n) is 10.9. The van der Waals surface area contributed by atoms with Gasteiger partial charge in [-0.1, -0.05) is 42.2 Å². The number of aromatic nitrogens is 3. The number of pyridine rings is 3. The van der Waals surface area contributed by atoms with Crippen LogP contribution in [0.4, 0.5) is 5.69 Å². The number of nitrogens with zero attached hydrogens (tertiary/aromatic N) is 3. The summed E-state index contributed by atoms with van der Waals surface area (Å²) in [6.07, 6.45) is 6.17. The summed E-state index contributed by atoms with van der Waals surface area (Å²) in [5.74, 6) is 5.45. The fourth-order valence-electron chi connectivity index (χ4n) is 7.82. The number of aryl methyl sites for hydroxylation is 3. The highest BCUT2D eigenvalue weighted by Gasteiger charge is 2.26. The highest BCUT2D eigenvalue weighted by molar-refractivity contribution is 6.06. The van der Waals surface area contributed by atoms with Crippen molar-refractivity contribution in [3.8, 4) is 34.2 Å². The third kappa shape index (κ3) is 7.77. The van der Waals surface area contributed by atoms with E-state index >= 15 is 0 Å². The van der Waals surface area contributed by atoms with E-state index in [1.54, 1.807) is 10.8 Å². The van der Waals surface area contributed by atoms with Gasteiger partial charge in [-0.05, 0) is 109 Å². The molecule has 0 saturated carbocycles. The van der Waals surface area contributed by atoms with E-state index in [0.29, 0.717) is 34.7 Å². The van der Waals surface area contributed by atoms with E-state index in [1.807, 2.05) is 69.6 Å². The fraction of sp³-hybridized carbons (Fsp3) is 0.261. The average molecular weight is 759 g/mol. The summed E-state index contributed by atoms with van der Waals surface area (Å²) in [6, 6.07) is 23.5. The highest BCUT2D eigenvalue weighted by atomic mass is 16.5. The minimum absolute atomic E-state index is 0.00367. The molecule has 0 aliphatic carbocycles. The third-order valence-corrected chi connectivity index (χ3v) is 10.9. The quantitative estimate of drug-likeness (QED) is 0.127. The van der Waals surface area contributed by atoms with E-state index < -0.39 is 6.04 Å². The van der Waals surface area contributed by atoms with Crippen molar-refractivity contribution in [3.63, 3.8) is 0 Å². The van der Waals surface area contributed by atoms with Crippen LogP contribution in [-0.2, 0) is 21.4 Å². The molecule has 8 rings (SSSR count). The second kappa shape index (κ2) is 15.8. The van der Waals surface area contributed by atoms with Gasteiger partial charge in [0.25, 0.3) is 11.5 Å². The van der Waals surface area contributed by atoms with Crippen molar-refractivity contribution in [3.05, 3.63) is 123 Å². The average Bonchev–Trinajstić information content (AvgIpc) is 3.22. The van der Waals surface area contributed by atoms with Crippen molar-refractivity contribution in [1.29, 1.82) is 0 Å². The van der Waals surface area contributed by atoms with E-state index in [9.17, 15) is 19.2 Å². The molecule has 3 aromatic carbocycles. The molecule has 2 fully saturated rings. The van der Waals surface area contributed by atoms with Gasteiger partial charge in [0, 0.05) is 72.2 Å². The van der Waals surface area contributed by atoms with E-state index in [4.69, 9.17) is 9.72 Å². The van der Waals surface area contributed by atoms with Gasteiger partial charge in [0.2, 0.25) is 11.8 Å². The molecule has 6 aromatic rings. The molecule has 286 valence electrons. The predicted octanol–water partition coefficient (Wildman–Crippen LogP) is 6.33. The normalized spacial score (nSPS) is 15.9. The van der Waals surface area contributed by atoms with Crippen LogP contribution in [0.1, 0.15) is 64.3 Å². The maximum atomic E-state index is 13.1. The Bertz CT molecular complexity index is 2720. The maximum Gasteiger partial charge on any atom is 0.270 e. The topological polar surface area (TPSA) is 144 Å². The lowest BCUT2D eigenvalue weighted by atomic mass is 9.86. The second-order valence-electron chi connectivity index (χ2n) is 14.8. The second-order valence-corrected chi connectivity index (χ2v) is 14.8. The molecule has 2 aliphatic rings. The lowest BCUT2D eigenvalue weighted by Crippen LogP contribution is -2.47. The maximum absolute atomic E-state index is 13.1. The molecule has 0 spiro atoms. The van der Waals surface area contributed by atoms with Gasteiger partial charge in [-0.2, -0.15) is 0 Å². The summed E-state index contributed by atoms with van der Waals surface area (Å²) in [5, 5.41) is 11.4. The first-order valence-electron chi connectivity index (χ1n) is 19.2. The van der Waals surface area contributed by atoms with Crippen LogP contribution in [0, 0.1) is 25.7 Å². The van der Waals surface area contributed by atoms with Crippen LogP contribution in [0.25, 0.3) is 44.1 Å². The molecule has 0 radical (unpaired) electrons. The number of imide groups is 1. The number of fused-ring (bicyclic) bond motifs is 2. The summed E-state index contributed by atoms with van der Waals surface area (Å²) < 4.78 is 7.42. The van der Waals surface area contributed by atoms with Gasteiger partial charge in [-0.3, -0.25) is 34.5 Å². The van der Waals surface area contributed by atoms with Crippen LogP contribution >= 0.6 is 0 Å². The van der Waals surface area contributed by atoms with Crippen molar-refractivity contribution in [2.75, 3.05) is 25.1 Å².